The Morgan fingerprint density at radius 2 is 1.94 bits per heavy atom. The van der Waals surface area contributed by atoms with Crippen molar-refractivity contribution in [2.45, 2.75) is 6.92 Å². The number of hydrogen-bond donors (Lipinski definition) is 1. The van der Waals surface area contributed by atoms with Gasteiger partial charge in [0.2, 0.25) is 0 Å². The van der Waals surface area contributed by atoms with E-state index in [9.17, 15) is 9.59 Å². The minimum atomic E-state index is -0.463. The average molecular weight is 316 g/mol. The summed E-state index contributed by atoms with van der Waals surface area (Å²) in [5, 5.41) is 2.40. The zero-order valence-electron chi connectivity index (χ0n) is 9.94. The van der Waals surface area contributed by atoms with E-state index in [0.717, 1.165) is 4.47 Å². The lowest BCUT2D eigenvalue weighted by Gasteiger charge is -2.07. The lowest BCUT2D eigenvalue weighted by molar-refractivity contribution is -0.143. The number of carbonyl (C=O) groups excluding carboxylic acids is 2. The van der Waals surface area contributed by atoms with Gasteiger partial charge in [-0.2, -0.15) is 0 Å². The summed E-state index contributed by atoms with van der Waals surface area (Å²) < 4.78 is 10.8. The quantitative estimate of drug-likeness (QED) is 0.808. The second-order valence-electron chi connectivity index (χ2n) is 3.32. The minimum Gasteiger partial charge on any atom is -0.484 e. The monoisotopic (exact) mass is 315 g/mol. The molecular formula is C12H14BrNO4. The Bertz CT molecular complexity index is 405. The third-order valence-electron chi connectivity index (χ3n) is 1.92. The highest BCUT2D eigenvalue weighted by Crippen LogP contribution is 2.15. The Hall–Kier alpha value is -1.56. The molecule has 0 aliphatic heterocycles. The third-order valence-corrected chi connectivity index (χ3v) is 2.45. The van der Waals surface area contributed by atoms with Gasteiger partial charge >= 0.3 is 5.97 Å². The van der Waals surface area contributed by atoms with Gasteiger partial charge in [0.15, 0.2) is 6.61 Å². The summed E-state index contributed by atoms with van der Waals surface area (Å²) in [6.45, 7) is 1.72. The predicted octanol–water partition coefficient (Wildman–Crippen LogP) is 1.51. The predicted molar refractivity (Wildman–Crippen MR) is 69.3 cm³/mol. The van der Waals surface area contributed by atoms with Gasteiger partial charge in [0.05, 0.1) is 6.61 Å². The van der Waals surface area contributed by atoms with Gasteiger partial charge in [0.25, 0.3) is 5.91 Å². The molecule has 0 saturated carbocycles. The summed E-state index contributed by atoms with van der Waals surface area (Å²) in [5.41, 5.74) is 0. The molecule has 0 aliphatic carbocycles. The van der Waals surface area contributed by atoms with E-state index in [1.54, 1.807) is 19.1 Å². The molecule has 0 atom stereocenters. The molecule has 6 heteroatoms. The van der Waals surface area contributed by atoms with Gasteiger partial charge in [-0.15, -0.1) is 0 Å². The van der Waals surface area contributed by atoms with Gasteiger partial charge in [-0.25, -0.2) is 0 Å². The molecule has 0 saturated heterocycles. The van der Waals surface area contributed by atoms with Crippen LogP contribution in [0.4, 0.5) is 0 Å². The first-order valence-electron chi connectivity index (χ1n) is 5.42. The highest BCUT2D eigenvalue weighted by atomic mass is 79.9. The largest absolute Gasteiger partial charge is 0.484 e. The number of ether oxygens (including phenoxy) is 2. The number of esters is 1. The van der Waals surface area contributed by atoms with E-state index in [2.05, 4.69) is 26.0 Å². The van der Waals surface area contributed by atoms with E-state index in [4.69, 9.17) is 4.74 Å². The fraction of sp³-hybridized carbons (Fsp3) is 0.333. The van der Waals surface area contributed by atoms with Gasteiger partial charge < -0.3 is 14.8 Å². The van der Waals surface area contributed by atoms with Gasteiger partial charge in [-0.05, 0) is 31.2 Å². The SMILES string of the molecule is CCOC(=O)CNC(=O)COc1ccc(Br)cc1. The third kappa shape index (κ3) is 5.67. The van der Waals surface area contributed by atoms with Crippen molar-refractivity contribution in [1.29, 1.82) is 0 Å². The molecule has 1 amide bonds. The Balaban J connectivity index is 2.24. The Morgan fingerprint density at radius 1 is 1.28 bits per heavy atom. The summed E-state index contributed by atoms with van der Waals surface area (Å²) >= 11 is 3.29. The molecule has 1 aromatic rings. The second-order valence-corrected chi connectivity index (χ2v) is 4.24. The van der Waals surface area contributed by atoms with Crippen LogP contribution in [-0.4, -0.2) is 31.6 Å². The van der Waals surface area contributed by atoms with Crippen LogP contribution in [-0.2, 0) is 14.3 Å². The molecule has 0 fully saturated rings. The zero-order valence-corrected chi connectivity index (χ0v) is 11.5. The van der Waals surface area contributed by atoms with Crippen molar-refractivity contribution in [1.82, 2.24) is 5.32 Å². The molecule has 0 aliphatic rings. The molecule has 1 aromatic carbocycles. The second kappa shape index (κ2) is 7.71. The standard InChI is InChI=1S/C12H14BrNO4/c1-2-17-12(16)7-14-11(15)8-18-10-5-3-9(13)4-6-10/h3-6H,2,7-8H2,1H3,(H,14,15). The maximum Gasteiger partial charge on any atom is 0.325 e. The van der Waals surface area contributed by atoms with Gasteiger partial charge in [0.1, 0.15) is 12.3 Å². The van der Waals surface area contributed by atoms with Crippen LogP contribution in [0.3, 0.4) is 0 Å². The van der Waals surface area contributed by atoms with Gasteiger partial charge in [-0.1, -0.05) is 15.9 Å². The fourth-order valence-corrected chi connectivity index (χ4v) is 1.38. The molecule has 0 unspecified atom stereocenters. The van der Waals surface area contributed by atoms with E-state index >= 15 is 0 Å². The van der Waals surface area contributed by atoms with Crippen LogP contribution < -0.4 is 10.1 Å². The summed E-state index contributed by atoms with van der Waals surface area (Å²) in [7, 11) is 0. The van der Waals surface area contributed by atoms with Gasteiger partial charge in [0, 0.05) is 4.47 Å². The Kier molecular flexibility index (Phi) is 6.21. The lowest BCUT2D eigenvalue weighted by atomic mass is 10.3. The average Bonchev–Trinajstić information content (AvgIpc) is 2.36. The molecule has 0 aromatic heterocycles. The van der Waals surface area contributed by atoms with E-state index in [-0.39, 0.29) is 19.1 Å². The smallest absolute Gasteiger partial charge is 0.325 e. The number of rotatable bonds is 6. The fourth-order valence-electron chi connectivity index (χ4n) is 1.11. The van der Waals surface area contributed by atoms with E-state index < -0.39 is 5.97 Å². The first-order valence-corrected chi connectivity index (χ1v) is 6.21. The zero-order chi connectivity index (χ0) is 13.4. The highest BCUT2D eigenvalue weighted by molar-refractivity contribution is 9.10. The maximum absolute atomic E-state index is 11.3. The highest BCUT2D eigenvalue weighted by Gasteiger charge is 2.06. The number of benzene rings is 1. The summed E-state index contributed by atoms with van der Waals surface area (Å²) in [6.07, 6.45) is 0. The van der Waals surface area contributed by atoms with Crippen LogP contribution in [0.25, 0.3) is 0 Å². The number of carbonyl (C=O) groups is 2. The van der Waals surface area contributed by atoms with Crippen LogP contribution in [0.2, 0.25) is 0 Å². The molecule has 5 nitrogen and oxygen atoms in total. The van der Waals surface area contributed by atoms with Crippen molar-refractivity contribution >= 4 is 27.8 Å². The summed E-state index contributed by atoms with van der Waals surface area (Å²) in [5.74, 6) is -0.245. The maximum atomic E-state index is 11.3. The molecule has 0 radical (unpaired) electrons. The number of hydrogen-bond acceptors (Lipinski definition) is 4. The van der Waals surface area contributed by atoms with Crippen LogP contribution >= 0.6 is 15.9 Å². The molecule has 18 heavy (non-hydrogen) atoms. The molecule has 0 heterocycles. The van der Waals surface area contributed by atoms with Gasteiger partial charge in [-0.3, -0.25) is 9.59 Å². The van der Waals surface area contributed by atoms with Crippen LogP contribution in [0.5, 0.6) is 5.75 Å². The van der Waals surface area contributed by atoms with Crippen molar-refractivity contribution in [3.8, 4) is 5.75 Å². The molecule has 98 valence electrons. The molecule has 0 spiro atoms. The van der Waals surface area contributed by atoms with E-state index in [1.165, 1.54) is 0 Å². The molecule has 1 N–H and O–H groups in total. The molecular weight excluding hydrogens is 302 g/mol. The first-order chi connectivity index (χ1) is 8.61. The number of amides is 1. The minimum absolute atomic E-state index is 0.138. The number of halogens is 1. The topological polar surface area (TPSA) is 64.6 Å². The van der Waals surface area contributed by atoms with Crippen LogP contribution in [0.1, 0.15) is 6.92 Å². The lowest BCUT2D eigenvalue weighted by Crippen LogP contribution is -2.34. The normalized spacial score (nSPS) is 9.67. The Morgan fingerprint density at radius 3 is 2.56 bits per heavy atom. The van der Waals surface area contributed by atoms with Crippen LogP contribution in [0.15, 0.2) is 28.7 Å². The molecule has 1 rings (SSSR count). The number of nitrogens with one attached hydrogen (secondary N) is 1. The van der Waals surface area contributed by atoms with E-state index in [1.807, 2.05) is 12.1 Å². The Labute approximate surface area is 114 Å². The van der Waals surface area contributed by atoms with E-state index in [0.29, 0.717) is 12.4 Å². The summed E-state index contributed by atoms with van der Waals surface area (Å²) in [6, 6.07) is 7.10. The van der Waals surface area contributed by atoms with Crippen LogP contribution in [0, 0.1) is 0 Å². The first kappa shape index (κ1) is 14.5. The van der Waals surface area contributed by atoms with Crippen molar-refractivity contribution in [3.63, 3.8) is 0 Å². The summed E-state index contributed by atoms with van der Waals surface area (Å²) in [4.78, 5) is 22.3. The van der Waals surface area contributed by atoms with Crippen molar-refractivity contribution in [2.75, 3.05) is 19.8 Å². The van der Waals surface area contributed by atoms with Crippen molar-refractivity contribution in [3.05, 3.63) is 28.7 Å². The van der Waals surface area contributed by atoms with Crippen molar-refractivity contribution < 1.29 is 19.1 Å². The molecule has 0 bridgehead atoms. The van der Waals surface area contributed by atoms with Crippen molar-refractivity contribution in [2.24, 2.45) is 0 Å².